The molecule has 122 valence electrons. The molecule has 0 fully saturated rings. The van der Waals surface area contributed by atoms with Crippen LogP contribution >= 0.6 is 22.6 Å². The molecule has 24 heavy (non-hydrogen) atoms. The van der Waals surface area contributed by atoms with E-state index < -0.39 is 11.6 Å². The van der Waals surface area contributed by atoms with Crippen molar-refractivity contribution < 1.29 is 13.9 Å². The van der Waals surface area contributed by atoms with Crippen LogP contribution in [0.4, 0.5) is 0 Å². The molecular formula is C19H15IO4. The van der Waals surface area contributed by atoms with Gasteiger partial charge < -0.3 is 9.15 Å². The second kappa shape index (κ2) is 6.76. The van der Waals surface area contributed by atoms with Gasteiger partial charge in [-0.25, -0.2) is 9.59 Å². The van der Waals surface area contributed by atoms with Crippen molar-refractivity contribution in [3.63, 3.8) is 0 Å². The normalized spacial score (nSPS) is 10.8. The largest absolute Gasteiger partial charge is 0.457 e. The highest BCUT2D eigenvalue weighted by atomic mass is 127. The van der Waals surface area contributed by atoms with Gasteiger partial charge >= 0.3 is 11.6 Å². The van der Waals surface area contributed by atoms with Crippen molar-refractivity contribution in [2.24, 2.45) is 0 Å². The number of rotatable bonds is 3. The van der Waals surface area contributed by atoms with E-state index in [0.29, 0.717) is 16.7 Å². The Balaban J connectivity index is 1.92. The van der Waals surface area contributed by atoms with Crippen LogP contribution in [0.3, 0.4) is 0 Å². The van der Waals surface area contributed by atoms with Gasteiger partial charge in [-0.3, -0.25) is 0 Å². The molecule has 0 aliphatic rings. The highest BCUT2D eigenvalue weighted by Crippen LogP contribution is 2.24. The SMILES string of the molecule is Cc1ccc2c(COC(=O)c3cccc(I)c3)cc(=O)oc2c1C. The minimum Gasteiger partial charge on any atom is -0.457 e. The van der Waals surface area contributed by atoms with E-state index in [1.54, 1.807) is 18.2 Å². The van der Waals surface area contributed by atoms with Crippen LogP contribution in [0.25, 0.3) is 11.0 Å². The Hall–Kier alpha value is -2.15. The predicted octanol–water partition coefficient (Wildman–Crippen LogP) is 4.37. The van der Waals surface area contributed by atoms with Gasteiger partial charge in [0.1, 0.15) is 12.2 Å². The number of hydrogen-bond donors (Lipinski definition) is 0. The first-order valence-electron chi connectivity index (χ1n) is 7.41. The van der Waals surface area contributed by atoms with Crippen molar-refractivity contribution >= 4 is 39.5 Å². The molecule has 0 radical (unpaired) electrons. The number of esters is 1. The molecule has 0 aliphatic heterocycles. The first-order valence-corrected chi connectivity index (χ1v) is 8.49. The third kappa shape index (κ3) is 3.36. The second-order valence-corrected chi connectivity index (χ2v) is 6.81. The lowest BCUT2D eigenvalue weighted by Gasteiger charge is -2.10. The second-order valence-electron chi connectivity index (χ2n) is 5.56. The summed E-state index contributed by atoms with van der Waals surface area (Å²) in [5, 5.41) is 0.785. The summed E-state index contributed by atoms with van der Waals surface area (Å²) in [4.78, 5) is 24.0. The van der Waals surface area contributed by atoms with Crippen molar-refractivity contribution in [2.75, 3.05) is 0 Å². The third-order valence-corrected chi connectivity index (χ3v) is 4.61. The molecule has 1 heterocycles. The van der Waals surface area contributed by atoms with Crippen molar-refractivity contribution in [1.82, 2.24) is 0 Å². The van der Waals surface area contributed by atoms with E-state index in [0.717, 1.165) is 20.1 Å². The summed E-state index contributed by atoms with van der Waals surface area (Å²) in [6, 6.07) is 12.4. The Morgan fingerprint density at radius 1 is 1.17 bits per heavy atom. The quantitative estimate of drug-likeness (QED) is 0.349. The van der Waals surface area contributed by atoms with E-state index in [1.807, 2.05) is 32.0 Å². The molecule has 0 saturated heterocycles. The Bertz CT molecular complexity index is 988. The lowest BCUT2D eigenvalue weighted by atomic mass is 10.0. The van der Waals surface area contributed by atoms with Crippen LogP contribution in [0.15, 0.2) is 51.7 Å². The van der Waals surface area contributed by atoms with Gasteiger partial charge in [-0.1, -0.05) is 18.2 Å². The van der Waals surface area contributed by atoms with Gasteiger partial charge in [-0.15, -0.1) is 0 Å². The van der Waals surface area contributed by atoms with E-state index >= 15 is 0 Å². The highest BCUT2D eigenvalue weighted by molar-refractivity contribution is 14.1. The van der Waals surface area contributed by atoms with Crippen molar-refractivity contribution in [1.29, 1.82) is 0 Å². The summed E-state index contributed by atoms with van der Waals surface area (Å²) in [6.45, 7) is 3.88. The average molecular weight is 434 g/mol. The maximum Gasteiger partial charge on any atom is 0.338 e. The molecule has 0 spiro atoms. The lowest BCUT2D eigenvalue weighted by molar-refractivity contribution is 0.0473. The summed E-state index contributed by atoms with van der Waals surface area (Å²) < 4.78 is 11.7. The molecule has 0 saturated carbocycles. The van der Waals surface area contributed by atoms with Crippen LogP contribution in [0, 0.1) is 17.4 Å². The Morgan fingerprint density at radius 3 is 2.71 bits per heavy atom. The van der Waals surface area contributed by atoms with E-state index in [2.05, 4.69) is 22.6 Å². The van der Waals surface area contributed by atoms with Crippen LogP contribution in [0.2, 0.25) is 0 Å². The van der Waals surface area contributed by atoms with E-state index in [9.17, 15) is 9.59 Å². The van der Waals surface area contributed by atoms with Crippen LogP contribution in [0.1, 0.15) is 27.0 Å². The van der Waals surface area contributed by atoms with Crippen LogP contribution in [-0.2, 0) is 11.3 Å². The zero-order valence-corrected chi connectivity index (χ0v) is 15.4. The fraction of sp³-hybridized carbons (Fsp3) is 0.158. The molecule has 3 rings (SSSR count). The first kappa shape index (κ1) is 16.7. The molecule has 4 nitrogen and oxygen atoms in total. The zero-order valence-electron chi connectivity index (χ0n) is 13.3. The maximum atomic E-state index is 12.2. The predicted molar refractivity (Wildman–Crippen MR) is 100 cm³/mol. The minimum atomic E-state index is -0.448. The molecule has 0 bridgehead atoms. The van der Waals surface area contributed by atoms with E-state index in [1.165, 1.54) is 6.07 Å². The summed E-state index contributed by atoms with van der Waals surface area (Å²) in [7, 11) is 0. The average Bonchev–Trinajstić information content (AvgIpc) is 2.56. The highest BCUT2D eigenvalue weighted by Gasteiger charge is 2.12. The molecule has 0 atom stereocenters. The Kier molecular flexibility index (Phi) is 4.71. The molecule has 0 aliphatic carbocycles. The number of fused-ring (bicyclic) bond motifs is 1. The zero-order chi connectivity index (χ0) is 17.3. The summed E-state index contributed by atoms with van der Waals surface area (Å²) >= 11 is 2.14. The van der Waals surface area contributed by atoms with Gasteiger partial charge in [0.25, 0.3) is 0 Å². The number of carbonyl (C=O) groups excluding carboxylic acids is 1. The number of halogens is 1. The monoisotopic (exact) mass is 434 g/mol. The maximum absolute atomic E-state index is 12.2. The lowest BCUT2D eigenvalue weighted by Crippen LogP contribution is -2.08. The van der Waals surface area contributed by atoms with E-state index in [-0.39, 0.29) is 6.61 Å². The number of hydrogen-bond acceptors (Lipinski definition) is 4. The number of benzene rings is 2. The Labute approximate surface area is 152 Å². The number of ether oxygens (including phenoxy) is 1. The van der Waals surface area contributed by atoms with Gasteiger partial charge in [-0.2, -0.15) is 0 Å². The fourth-order valence-corrected chi connectivity index (χ4v) is 3.03. The number of carbonyl (C=O) groups is 1. The third-order valence-electron chi connectivity index (χ3n) is 3.94. The molecular weight excluding hydrogens is 419 g/mol. The fourth-order valence-electron chi connectivity index (χ4n) is 2.49. The molecule has 3 aromatic rings. The van der Waals surface area contributed by atoms with E-state index in [4.69, 9.17) is 9.15 Å². The van der Waals surface area contributed by atoms with Gasteiger partial charge in [-0.05, 0) is 65.8 Å². The van der Waals surface area contributed by atoms with Crippen molar-refractivity contribution in [3.8, 4) is 0 Å². The minimum absolute atomic E-state index is 0.0227. The Morgan fingerprint density at radius 2 is 1.96 bits per heavy atom. The molecule has 0 amide bonds. The molecule has 2 aromatic carbocycles. The summed E-state index contributed by atoms with van der Waals surface area (Å²) in [6.07, 6.45) is 0. The van der Waals surface area contributed by atoms with Crippen molar-refractivity contribution in [2.45, 2.75) is 20.5 Å². The van der Waals surface area contributed by atoms with Crippen LogP contribution in [0.5, 0.6) is 0 Å². The smallest absolute Gasteiger partial charge is 0.338 e. The molecule has 1 aromatic heterocycles. The van der Waals surface area contributed by atoms with Gasteiger partial charge in [0.15, 0.2) is 0 Å². The van der Waals surface area contributed by atoms with Crippen LogP contribution < -0.4 is 5.63 Å². The first-order chi connectivity index (χ1) is 11.5. The van der Waals surface area contributed by atoms with Crippen molar-refractivity contribution in [3.05, 3.63) is 78.7 Å². The van der Waals surface area contributed by atoms with Gasteiger partial charge in [0.05, 0.1) is 5.56 Å². The summed E-state index contributed by atoms with van der Waals surface area (Å²) in [5.41, 5.74) is 3.18. The summed E-state index contributed by atoms with van der Waals surface area (Å²) in [5.74, 6) is -0.418. The van der Waals surface area contributed by atoms with Gasteiger partial charge in [0, 0.05) is 20.6 Å². The van der Waals surface area contributed by atoms with Crippen LogP contribution in [-0.4, -0.2) is 5.97 Å². The molecule has 0 N–H and O–H groups in total. The molecule has 5 heteroatoms. The standard InChI is InChI=1S/C19H15IO4/c1-11-6-7-16-14(9-17(21)24-18(16)12(11)2)10-23-19(22)13-4-3-5-15(20)8-13/h3-9H,10H2,1-2H3. The topological polar surface area (TPSA) is 56.5 Å². The number of aryl methyl sites for hydroxylation is 2. The molecule has 0 unspecified atom stereocenters. The van der Waals surface area contributed by atoms with Gasteiger partial charge in [0.2, 0.25) is 0 Å².